The number of ether oxygens (including phenoxy) is 1. The van der Waals surface area contributed by atoms with Crippen LogP contribution in [-0.2, 0) is 16.0 Å². The smallest absolute Gasteiger partial charge is 0.132 e. The molecule has 0 aliphatic heterocycles. The molecule has 0 saturated carbocycles. The van der Waals surface area contributed by atoms with Crippen LogP contribution in [0.5, 0.6) is 0 Å². The van der Waals surface area contributed by atoms with Crippen molar-refractivity contribution in [2.45, 2.75) is 26.2 Å². The second-order valence-corrected chi connectivity index (χ2v) is 3.24. The van der Waals surface area contributed by atoms with E-state index in [4.69, 9.17) is 4.74 Å². The normalized spacial score (nSPS) is 10.4. The average molecular weight is 196 g/mol. The highest BCUT2D eigenvalue weighted by Crippen LogP contribution is 1.97. The number of Topliss-reactive ketones (excluding diaryl/α,β-unsaturated/α-hetero) is 1. The fourth-order valence-electron chi connectivity index (χ4n) is 1.10. The van der Waals surface area contributed by atoms with Crippen LogP contribution in [0.25, 0.3) is 0 Å². The summed E-state index contributed by atoms with van der Waals surface area (Å²) in [5, 5.41) is 0. The number of ketones is 1. The van der Waals surface area contributed by atoms with Crippen LogP contribution in [-0.4, -0.2) is 29.0 Å². The zero-order valence-electron chi connectivity index (χ0n) is 8.45. The number of hydrogen-bond acceptors (Lipinski definition) is 3. The first-order valence-corrected chi connectivity index (χ1v) is 4.83. The molecule has 0 amide bonds. The molecule has 14 heavy (non-hydrogen) atoms. The predicted molar refractivity (Wildman–Crippen MR) is 53.0 cm³/mol. The number of aromatic amines is 1. The van der Waals surface area contributed by atoms with Crippen LogP contribution in [0, 0.1) is 0 Å². The van der Waals surface area contributed by atoms with Gasteiger partial charge in [0, 0.05) is 24.9 Å². The minimum Gasteiger partial charge on any atom is -0.381 e. The molecule has 0 unspecified atom stereocenters. The number of carbonyl (C=O) groups is 1. The van der Waals surface area contributed by atoms with Crippen LogP contribution in [0.2, 0.25) is 0 Å². The molecule has 1 aromatic heterocycles. The summed E-state index contributed by atoms with van der Waals surface area (Å²) in [5.41, 5.74) is 1.13. The number of nitrogens with one attached hydrogen (secondary N) is 1. The standard InChI is InChI=1S/C10H16N2O2/c1-9(13)4-6-14-5-2-3-10-7-11-8-12-10/h7-8H,2-6H2,1H3,(H,11,12). The summed E-state index contributed by atoms with van der Waals surface area (Å²) < 4.78 is 5.29. The number of rotatable bonds is 7. The second kappa shape index (κ2) is 6.32. The van der Waals surface area contributed by atoms with Crippen LogP contribution in [0.4, 0.5) is 0 Å². The van der Waals surface area contributed by atoms with Gasteiger partial charge in [-0.3, -0.25) is 4.79 Å². The maximum Gasteiger partial charge on any atom is 0.132 e. The molecular weight excluding hydrogens is 180 g/mol. The molecular formula is C10H16N2O2. The van der Waals surface area contributed by atoms with Crippen molar-refractivity contribution in [1.82, 2.24) is 9.97 Å². The maximum atomic E-state index is 10.6. The molecule has 0 bridgehead atoms. The van der Waals surface area contributed by atoms with E-state index in [1.165, 1.54) is 0 Å². The van der Waals surface area contributed by atoms with Gasteiger partial charge in [0.15, 0.2) is 0 Å². The maximum absolute atomic E-state index is 10.6. The zero-order chi connectivity index (χ0) is 10.2. The third kappa shape index (κ3) is 4.77. The second-order valence-electron chi connectivity index (χ2n) is 3.24. The van der Waals surface area contributed by atoms with Gasteiger partial charge in [-0.05, 0) is 19.8 Å². The minimum absolute atomic E-state index is 0.179. The molecule has 1 aromatic rings. The van der Waals surface area contributed by atoms with Gasteiger partial charge in [0.25, 0.3) is 0 Å². The summed E-state index contributed by atoms with van der Waals surface area (Å²) in [6.45, 7) is 2.82. The molecule has 78 valence electrons. The van der Waals surface area contributed by atoms with Crippen molar-refractivity contribution in [2.75, 3.05) is 13.2 Å². The molecule has 0 saturated heterocycles. The topological polar surface area (TPSA) is 55.0 Å². The van der Waals surface area contributed by atoms with Gasteiger partial charge in [-0.1, -0.05) is 0 Å². The first-order valence-electron chi connectivity index (χ1n) is 4.83. The average Bonchev–Trinajstić information content (AvgIpc) is 2.63. The predicted octanol–water partition coefficient (Wildman–Crippen LogP) is 1.34. The zero-order valence-corrected chi connectivity index (χ0v) is 8.45. The summed E-state index contributed by atoms with van der Waals surface area (Å²) in [7, 11) is 0. The molecule has 4 heteroatoms. The van der Waals surface area contributed by atoms with Gasteiger partial charge in [0.1, 0.15) is 5.78 Å². The first kappa shape index (κ1) is 10.9. The summed E-state index contributed by atoms with van der Waals surface area (Å²) in [4.78, 5) is 17.5. The minimum atomic E-state index is 0.179. The highest BCUT2D eigenvalue weighted by molar-refractivity contribution is 5.75. The molecule has 0 spiro atoms. The number of aryl methyl sites for hydroxylation is 1. The van der Waals surface area contributed by atoms with Crippen LogP contribution >= 0.6 is 0 Å². The van der Waals surface area contributed by atoms with E-state index in [0.29, 0.717) is 19.6 Å². The van der Waals surface area contributed by atoms with E-state index in [9.17, 15) is 4.79 Å². The Kier molecular flexibility index (Phi) is 4.93. The van der Waals surface area contributed by atoms with Gasteiger partial charge in [-0.15, -0.1) is 0 Å². The van der Waals surface area contributed by atoms with Crippen LogP contribution in [0.15, 0.2) is 12.5 Å². The number of aromatic nitrogens is 2. The fraction of sp³-hybridized carbons (Fsp3) is 0.600. The summed E-state index contributed by atoms with van der Waals surface area (Å²) in [6.07, 6.45) is 5.91. The van der Waals surface area contributed by atoms with Gasteiger partial charge in [-0.25, -0.2) is 4.98 Å². The molecule has 1 heterocycles. The number of imidazole rings is 1. The Morgan fingerprint density at radius 1 is 1.57 bits per heavy atom. The molecule has 0 aliphatic carbocycles. The first-order chi connectivity index (χ1) is 6.79. The quantitative estimate of drug-likeness (QED) is 0.669. The van der Waals surface area contributed by atoms with Crippen molar-refractivity contribution in [2.24, 2.45) is 0 Å². The largest absolute Gasteiger partial charge is 0.381 e. The summed E-state index contributed by atoms with van der Waals surface area (Å²) in [6, 6.07) is 0. The third-order valence-corrected chi connectivity index (χ3v) is 1.89. The Morgan fingerprint density at radius 2 is 2.43 bits per heavy atom. The lowest BCUT2D eigenvalue weighted by Crippen LogP contribution is -2.02. The Balaban J connectivity index is 1.92. The Bertz CT molecular complexity index is 257. The Hall–Kier alpha value is -1.16. The molecule has 0 aliphatic rings. The number of hydrogen-bond donors (Lipinski definition) is 1. The molecule has 0 fully saturated rings. The van der Waals surface area contributed by atoms with E-state index in [-0.39, 0.29) is 5.78 Å². The summed E-state index contributed by atoms with van der Waals surface area (Å²) >= 11 is 0. The molecule has 1 rings (SSSR count). The van der Waals surface area contributed by atoms with Crippen LogP contribution in [0.3, 0.4) is 0 Å². The van der Waals surface area contributed by atoms with Crippen molar-refractivity contribution < 1.29 is 9.53 Å². The Labute approximate surface area is 83.7 Å². The van der Waals surface area contributed by atoms with E-state index >= 15 is 0 Å². The fourth-order valence-corrected chi connectivity index (χ4v) is 1.10. The van der Waals surface area contributed by atoms with Gasteiger partial charge < -0.3 is 9.72 Å². The van der Waals surface area contributed by atoms with Crippen molar-refractivity contribution >= 4 is 5.78 Å². The number of carbonyl (C=O) groups excluding carboxylic acids is 1. The molecule has 1 N–H and O–H groups in total. The van der Waals surface area contributed by atoms with Gasteiger partial charge in [0.2, 0.25) is 0 Å². The highest BCUT2D eigenvalue weighted by Gasteiger charge is 1.95. The lowest BCUT2D eigenvalue weighted by molar-refractivity contribution is -0.118. The van der Waals surface area contributed by atoms with Crippen molar-refractivity contribution in [3.05, 3.63) is 18.2 Å². The molecule has 4 nitrogen and oxygen atoms in total. The van der Waals surface area contributed by atoms with Gasteiger partial charge in [-0.2, -0.15) is 0 Å². The van der Waals surface area contributed by atoms with Crippen molar-refractivity contribution in [3.8, 4) is 0 Å². The molecule has 0 radical (unpaired) electrons. The third-order valence-electron chi connectivity index (χ3n) is 1.89. The number of nitrogens with zero attached hydrogens (tertiary/aromatic N) is 1. The van der Waals surface area contributed by atoms with Crippen molar-refractivity contribution in [3.63, 3.8) is 0 Å². The monoisotopic (exact) mass is 196 g/mol. The van der Waals surface area contributed by atoms with E-state index < -0.39 is 0 Å². The van der Waals surface area contributed by atoms with Crippen LogP contribution < -0.4 is 0 Å². The van der Waals surface area contributed by atoms with E-state index in [2.05, 4.69) is 9.97 Å². The van der Waals surface area contributed by atoms with E-state index in [0.717, 1.165) is 18.5 Å². The van der Waals surface area contributed by atoms with Gasteiger partial charge >= 0.3 is 0 Å². The highest BCUT2D eigenvalue weighted by atomic mass is 16.5. The summed E-state index contributed by atoms with van der Waals surface area (Å²) in [5.74, 6) is 0.179. The SMILES string of the molecule is CC(=O)CCOCCCc1cnc[nH]1. The van der Waals surface area contributed by atoms with Crippen molar-refractivity contribution in [1.29, 1.82) is 0 Å². The lowest BCUT2D eigenvalue weighted by Gasteiger charge is -2.01. The van der Waals surface area contributed by atoms with Gasteiger partial charge in [0.05, 0.1) is 12.9 Å². The lowest BCUT2D eigenvalue weighted by atomic mass is 10.2. The van der Waals surface area contributed by atoms with Crippen LogP contribution in [0.1, 0.15) is 25.5 Å². The van der Waals surface area contributed by atoms with E-state index in [1.54, 1.807) is 13.3 Å². The molecule has 0 atom stereocenters. The number of H-pyrrole nitrogens is 1. The molecule has 0 aromatic carbocycles. The Morgan fingerprint density at radius 3 is 3.07 bits per heavy atom. The van der Waals surface area contributed by atoms with E-state index in [1.807, 2.05) is 6.20 Å².